The van der Waals surface area contributed by atoms with Gasteiger partial charge in [-0.1, -0.05) is 32.0 Å². The standard InChI is InChI=1S/C16H21F3N2O5S/c1-15(2)9-20(11-26-10-15)8-12-6-4-5-7-13(12)21(14(22)25-3)27(23,24)16(17,18)19/h4-7H,8-11H2,1-3H3. The molecule has 152 valence electrons. The van der Waals surface area contributed by atoms with E-state index in [1.54, 1.807) is 6.07 Å². The minimum Gasteiger partial charge on any atom is -0.452 e. The van der Waals surface area contributed by atoms with Crippen LogP contribution in [0, 0.1) is 5.41 Å². The lowest BCUT2D eigenvalue weighted by atomic mass is 9.93. The highest BCUT2D eigenvalue weighted by Crippen LogP contribution is 2.34. The summed E-state index contributed by atoms with van der Waals surface area (Å²) < 4.78 is 72.6. The molecular weight excluding hydrogens is 389 g/mol. The molecule has 0 N–H and O–H groups in total. The molecule has 0 aliphatic carbocycles. The van der Waals surface area contributed by atoms with Crippen LogP contribution in [0.5, 0.6) is 0 Å². The molecule has 7 nitrogen and oxygen atoms in total. The summed E-state index contributed by atoms with van der Waals surface area (Å²) in [5.74, 6) is 0. The molecule has 1 saturated heterocycles. The van der Waals surface area contributed by atoms with E-state index in [2.05, 4.69) is 4.74 Å². The van der Waals surface area contributed by atoms with Gasteiger partial charge in [0.15, 0.2) is 0 Å². The minimum absolute atomic E-state index is 0.0977. The smallest absolute Gasteiger partial charge is 0.452 e. The summed E-state index contributed by atoms with van der Waals surface area (Å²) in [5, 5.41) is 0. The maximum absolute atomic E-state index is 13.1. The summed E-state index contributed by atoms with van der Waals surface area (Å²) >= 11 is 0. The number of alkyl halides is 3. The monoisotopic (exact) mass is 410 g/mol. The molecule has 0 spiro atoms. The van der Waals surface area contributed by atoms with Crippen LogP contribution in [0.2, 0.25) is 0 Å². The predicted octanol–water partition coefficient (Wildman–Crippen LogP) is 2.92. The lowest BCUT2D eigenvalue weighted by Gasteiger charge is -2.38. The first kappa shape index (κ1) is 21.5. The number of nitrogens with zero attached hydrogens (tertiary/aromatic N) is 2. The predicted molar refractivity (Wildman–Crippen MR) is 91.3 cm³/mol. The number of methoxy groups -OCH3 is 1. The van der Waals surface area contributed by atoms with Crippen molar-refractivity contribution in [2.75, 3.05) is 31.3 Å². The van der Waals surface area contributed by atoms with Crippen LogP contribution < -0.4 is 4.31 Å². The fourth-order valence-corrected chi connectivity index (χ4v) is 3.76. The zero-order chi connectivity index (χ0) is 20.5. The van der Waals surface area contributed by atoms with E-state index in [0.29, 0.717) is 13.2 Å². The summed E-state index contributed by atoms with van der Waals surface area (Å²) in [5.41, 5.74) is -6.03. The van der Waals surface area contributed by atoms with Crippen molar-refractivity contribution >= 4 is 21.8 Å². The Morgan fingerprint density at radius 3 is 2.52 bits per heavy atom. The summed E-state index contributed by atoms with van der Waals surface area (Å²) in [6, 6.07) is 5.48. The number of ether oxygens (including phenoxy) is 2. The number of sulfonamides is 1. The average Bonchev–Trinajstić information content (AvgIpc) is 2.54. The minimum atomic E-state index is -5.98. The second-order valence-electron chi connectivity index (χ2n) is 6.94. The van der Waals surface area contributed by atoms with E-state index in [1.165, 1.54) is 12.1 Å². The highest BCUT2D eigenvalue weighted by Gasteiger charge is 2.53. The molecule has 0 aromatic heterocycles. The van der Waals surface area contributed by atoms with Crippen molar-refractivity contribution in [3.05, 3.63) is 29.8 Å². The Kier molecular flexibility index (Phi) is 6.07. The van der Waals surface area contributed by atoms with Crippen LogP contribution in [0.1, 0.15) is 19.4 Å². The fourth-order valence-electron chi connectivity index (χ4n) is 2.85. The number of halogens is 3. The normalized spacial score (nSPS) is 18.1. The fraction of sp³-hybridized carbons (Fsp3) is 0.562. The number of hydrogen-bond donors (Lipinski definition) is 0. The lowest BCUT2D eigenvalue weighted by Crippen LogP contribution is -2.46. The molecule has 1 aromatic rings. The van der Waals surface area contributed by atoms with Crippen molar-refractivity contribution in [2.24, 2.45) is 5.41 Å². The van der Waals surface area contributed by atoms with Crippen LogP contribution in [0.4, 0.5) is 23.7 Å². The maximum Gasteiger partial charge on any atom is 0.517 e. The van der Waals surface area contributed by atoms with Gasteiger partial charge in [0.25, 0.3) is 0 Å². The number of amides is 1. The number of hydrogen-bond acceptors (Lipinski definition) is 6. The Morgan fingerprint density at radius 1 is 1.33 bits per heavy atom. The van der Waals surface area contributed by atoms with E-state index in [1.807, 2.05) is 18.7 Å². The van der Waals surface area contributed by atoms with Crippen molar-refractivity contribution in [1.29, 1.82) is 0 Å². The van der Waals surface area contributed by atoms with Gasteiger partial charge in [0.2, 0.25) is 0 Å². The Balaban J connectivity index is 2.45. The van der Waals surface area contributed by atoms with Crippen molar-refractivity contribution in [3.63, 3.8) is 0 Å². The van der Waals surface area contributed by atoms with Crippen LogP contribution in [-0.4, -0.2) is 51.9 Å². The largest absolute Gasteiger partial charge is 0.517 e. The molecule has 1 aliphatic rings. The number of carbonyl (C=O) groups excluding carboxylic acids is 1. The molecule has 1 heterocycles. The molecule has 0 bridgehead atoms. The van der Waals surface area contributed by atoms with Gasteiger partial charge in [-0.05, 0) is 11.6 Å². The molecule has 1 fully saturated rings. The molecule has 2 rings (SSSR count). The van der Waals surface area contributed by atoms with E-state index in [0.717, 1.165) is 13.2 Å². The van der Waals surface area contributed by atoms with Gasteiger partial charge < -0.3 is 9.47 Å². The van der Waals surface area contributed by atoms with E-state index < -0.39 is 27.3 Å². The van der Waals surface area contributed by atoms with Crippen molar-refractivity contribution in [1.82, 2.24) is 4.90 Å². The molecule has 1 amide bonds. The number of benzene rings is 1. The molecule has 1 aromatic carbocycles. The quantitative estimate of drug-likeness (QED) is 0.760. The summed E-state index contributed by atoms with van der Waals surface area (Å²) in [6.45, 7) is 5.40. The summed E-state index contributed by atoms with van der Waals surface area (Å²) in [6.07, 6.45) is -1.64. The highest BCUT2D eigenvalue weighted by atomic mass is 32.2. The van der Waals surface area contributed by atoms with Gasteiger partial charge in [0, 0.05) is 18.5 Å². The average molecular weight is 410 g/mol. The molecule has 0 unspecified atom stereocenters. The third-order valence-electron chi connectivity index (χ3n) is 3.90. The summed E-state index contributed by atoms with van der Waals surface area (Å²) in [4.78, 5) is 13.8. The van der Waals surface area contributed by atoms with E-state index >= 15 is 0 Å². The number of carbonyl (C=O) groups is 1. The SMILES string of the molecule is COC(=O)N(c1ccccc1CN1COCC(C)(C)C1)S(=O)(=O)C(F)(F)F. The number of rotatable bonds is 4. The van der Waals surface area contributed by atoms with Crippen LogP contribution >= 0.6 is 0 Å². The molecular formula is C16H21F3N2O5S. The summed E-state index contributed by atoms with van der Waals surface area (Å²) in [7, 11) is -5.17. The Bertz CT molecular complexity index is 795. The van der Waals surface area contributed by atoms with Gasteiger partial charge in [0.1, 0.15) is 0 Å². The van der Waals surface area contributed by atoms with Gasteiger partial charge in [-0.2, -0.15) is 25.9 Å². The number of para-hydroxylation sites is 1. The first-order valence-electron chi connectivity index (χ1n) is 7.96. The second-order valence-corrected chi connectivity index (χ2v) is 8.72. The zero-order valence-electron chi connectivity index (χ0n) is 15.1. The Hall–Kier alpha value is -1.85. The Labute approximate surface area is 155 Å². The van der Waals surface area contributed by atoms with E-state index in [4.69, 9.17) is 4.74 Å². The van der Waals surface area contributed by atoms with Gasteiger partial charge in [0.05, 0.1) is 26.1 Å². The van der Waals surface area contributed by atoms with Crippen LogP contribution in [0.3, 0.4) is 0 Å². The molecule has 0 radical (unpaired) electrons. The molecule has 0 atom stereocenters. The second kappa shape index (κ2) is 7.64. The van der Waals surface area contributed by atoms with Crippen LogP contribution in [0.25, 0.3) is 0 Å². The Morgan fingerprint density at radius 2 is 1.96 bits per heavy atom. The van der Waals surface area contributed by atoms with E-state index in [9.17, 15) is 26.4 Å². The maximum atomic E-state index is 13.1. The van der Waals surface area contributed by atoms with Gasteiger partial charge >= 0.3 is 21.6 Å². The molecule has 27 heavy (non-hydrogen) atoms. The highest BCUT2D eigenvalue weighted by molar-refractivity contribution is 7.94. The van der Waals surface area contributed by atoms with Crippen LogP contribution in [0.15, 0.2) is 24.3 Å². The first-order valence-corrected chi connectivity index (χ1v) is 9.40. The first-order chi connectivity index (χ1) is 12.4. The van der Waals surface area contributed by atoms with Crippen molar-refractivity contribution in [2.45, 2.75) is 25.9 Å². The molecule has 1 aliphatic heterocycles. The van der Waals surface area contributed by atoms with Crippen molar-refractivity contribution in [3.8, 4) is 0 Å². The van der Waals surface area contributed by atoms with Gasteiger partial charge in [-0.15, -0.1) is 0 Å². The third kappa shape index (κ3) is 4.71. The van der Waals surface area contributed by atoms with Crippen LogP contribution in [-0.2, 0) is 26.0 Å². The van der Waals surface area contributed by atoms with Gasteiger partial charge in [-0.25, -0.2) is 4.79 Å². The molecule has 0 saturated carbocycles. The van der Waals surface area contributed by atoms with E-state index in [-0.39, 0.29) is 28.6 Å². The zero-order valence-corrected chi connectivity index (χ0v) is 15.9. The van der Waals surface area contributed by atoms with Gasteiger partial charge in [-0.3, -0.25) is 4.90 Å². The number of anilines is 1. The third-order valence-corrected chi connectivity index (χ3v) is 5.31. The molecule has 11 heteroatoms. The topological polar surface area (TPSA) is 76.2 Å². The lowest BCUT2D eigenvalue weighted by molar-refractivity contribution is -0.0814. The van der Waals surface area contributed by atoms with Crippen molar-refractivity contribution < 1.29 is 35.9 Å².